The van der Waals surface area contributed by atoms with E-state index in [1.54, 1.807) is 11.9 Å². The van der Waals surface area contributed by atoms with Crippen molar-refractivity contribution < 1.29 is 9.53 Å². The molecular formula is C10H24N2O2. The van der Waals surface area contributed by atoms with Crippen molar-refractivity contribution in [3.63, 3.8) is 0 Å². The molecule has 0 bridgehead atoms. The van der Waals surface area contributed by atoms with E-state index in [1.165, 1.54) is 0 Å². The largest absolute Gasteiger partial charge is 0.372 e. The summed E-state index contributed by atoms with van der Waals surface area (Å²) < 4.78 is 4.99. The van der Waals surface area contributed by atoms with Gasteiger partial charge in [0.25, 0.3) is 0 Å². The zero-order valence-electron chi connectivity index (χ0n) is 10.1. The number of likely N-dealkylation sites (N-methyl/N-ethyl adjacent to an activating group) is 1. The van der Waals surface area contributed by atoms with Crippen LogP contribution in [-0.4, -0.2) is 51.7 Å². The Morgan fingerprint density at radius 1 is 1.36 bits per heavy atom. The summed E-state index contributed by atoms with van der Waals surface area (Å²) in [6, 6.07) is 0. The minimum Gasteiger partial charge on any atom is -0.372 e. The van der Waals surface area contributed by atoms with Gasteiger partial charge in [0.05, 0.1) is 0 Å². The first-order valence-electron chi connectivity index (χ1n) is 5.12. The molecule has 1 aliphatic heterocycles. The Hall–Kier alpha value is -0.610. The molecule has 0 spiro atoms. The third-order valence-electron chi connectivity index (χ3n) is 1.43. The van der Waals surface area contributed by atoms with Gasteiger partial charge in [-0.1, -0.05) is 13.8 Å². The van der Waals surface area contributed by atoms with Crippen LogP contribution < -0.4 is 5.32 Å². The first-order chi connectivity index (χ1) is 6.72. The van der Waals surface area contributed by atoms with Crippen molar-refractivity contribution in [2.45, 2.75) is 20.3 Å². The van der Waals surface area contributed by atoms with Crippen LogP contribution in [0.15, 0.2) is 0 Å². The molecule has 1 fully saturated rings. The van der Waals surface area contributed by atoms with Gasteiger partial charge in [0.2, 0.25) is 5.91 Å². The topological polar surface area (TPSA) is 41.6 Å². The van der Waals surface area contributed by atoms with Crippen molar-refractivity contribution in [1.29, 1.82) is 0 Å². The molecule has 0 atom stereocenters. The Morgan fingerprint density at radius 2 is 1.86 bits per heavy atom. The van der Waals surface area contributed by atoms with E-state index in [1.807, 2.05) is 27.9 Å². The molecule has 1 amide bonds. The molecule has 0 unspecified atom stereocenters. The standard InChI is InChI=1S/C6H11NO2.C2H7N.C2H6/c1-7-3-2-4-9-5-6(7)8;1-3-2;1-2/h2-5H2,1H3;3H,1-2H3;1-2H3. The zero-order valence-corrected chi connectivity index (χ0v) is 10.1. The van der Waals surface area contributed by atoms with E-state index in [0.717, 1.165) is 19.6 Å². The fraction of sp³-hybridized carbons (Fsp3) is 0.900. The summed E-state index contributed by atoms with van der Waals surface area (Å²) in [4.78, 5) is 12.5. The maximum absolute atomic E-state index is 10.8. The SMILES string of the molecule is CC.CN1CCCOCC1=O.CNC. The molecule has 0 aromatic carbocycles. The summed E-state index contributed by atoms with van der Waals surface area (Å²) in [5.74, 6) is 0.0903. The van der Waals surface area contributed by atoms with Gasteiger partial charge in [0.1, 0.15) is 6.61 Å². The van der Waals surface area contributed by atoms with E-state index in [-0.39, 0.29) is 12.5 Å². The van der Waals surface area contributed by atoms with Crippen LogP contribution in [0.1, 0.15) is 20.3 Å². The van der Waals surface area contributed by atoms with E-state index >= 15 is 0 Å². The quantitative estimate of drug-likeness (QED) is 0.632. The number of nitrogens with one attached hydrogen (secondary N) is 1. The second-order valence-electron chi connectivity index (χ2n) is 2.72. The smallest absolute Gasteiger partial charge is 0.248 e. The molecule has 0 radical (unpaired) electrons. The van der Waals surface area contributed by atoms with Gasteiger partial charge in [-0.05, 0) is 20.5 Å². The monoisotopic (exact) mass is 204 g/mol. The number of carbonyl (C=O) groups excluding carboxylic acids is 1. The van der Waals surface area contributed by atoms with E-state index in [2.05, 4.69) is 5.32 Å². The zero-order chi connectivity index (χ0) is 11.4. The average Bonchev–Trinajstić information content (AvgIpc) is 2.37. The molecule has 86 valence electrons. The average molecular weight is 204 g/mol. The van der Waals surface area contributed by atoms with Gasteiger partial charge in [-0.25, -0.2) is 0 Å². The first-order valence-corrected chi connectivity index (χ1v) is 5.12. The van der Waals surface area contributed by atoms with Crippen LogP contribution >= 0.6 is 0 Å². The molecule has 14 heavy (non-hydrogen) atoms. The van der Waals surface area contributed by atoms with E-state index in [9.17, 15) is 4.79 Å². The van der Waals surface area contributed by atoms with Gasteiger partial charge >= 0.3 is 0 Å². The van der Waals surface area contributed by atoms with Crippen LogP contribution in [0.25, 0.3) is 0 Å². The maximum Gasteiger partial charge on any atom is 0.248 e. The summed E-state index contributed by atoms with van der Waals surface area (Å²) in [5.41, 5.74) is 0. The van der Waals surface area contributed by atoms with Crippen LogP contribution in [0.3, 0.4) is 0 Å². The lowest BCUT2D eigenvalue weighted by Crippen LogP contribution is -2.28. The highest BCUT2D eigenvalue weighted by molar-refractivity contribution is 5.77. The van der Waals surface area contributed by atoms with Gasteiger partial charge < -0.3 is 15.0 Å². The van der Waals surface area contributed by atoms with Crippen LogP contribution in [0, 0.1) is 0 Å². The van der Waals surface area contributed by atoms with Crippen molar-refractivity contribution in [3.05, 3.63) is 0 Å². The minimum absolute atomic E-state index is 0.0903. The summed E-state index contributed by atoms with van der Waals surface area (Å²) in [6.07, 6.45) is 0.961. The molecule has 0 aliphatic carbocycles. The predicted octanol–water partition coefficient (Wildman–Crippen LogP) is 0.727. The Kier molecular flexibility index (Phi) is 14.0. The summed E-state index contributed by atoms with van der Waals surface area (Å²) >= 11 is 0. The van der Waals surface area contributed by atoms with Crippen LogP contribution in [0.2, 0.25) is 0 Å². The lowest BCUT2D eigenvalue weighted by Gasteiger charge is -2.10. The molecule has 1 rings (SSSR count). The summed E-state index contributed by atoms with van der Waals surface area (Å²) in [5, 5.41) is 2.75. The van der Waals surface area contributed by atoms with Gasteiger partial charge in [0, 0.05) is 20.2 Å². The second kappa shape index (κ2) is 12.4. The van der Waals surface area contributed by atoms with Crippen LogP contribution in [0.4, 0.5) is 0 Å². The number of hydrogen-bond acceptors (Lipinski definition) is 3. The number of amides is 1. The molecule has 1 aliphatic rings. The highest BCUT2D eigenvalue weighted by Crippen LogP contribution is 1.95. The highest BCUT2D eigenvalue weighted by Gasteiger charge is 2.11. The van der Waals surface area contributed by atoms with Gasteiger partial charge in [-0.2, -0.15) is 0 Å². The molecular weight excluding hydrogens is 180 g/mol. The van der Waals surface area contributed by atoms with Crippen molar-refractivity contribution in [2.24, 2.45) is 0 Å². The normalized spacial score (nSPS) is 15.8. The van der Waals surface area contributed by atoms with Crippen LogP contribution in [-0.2, 0) is 9.53 Å². The number of ether oxygens (including phenoxy) is 1. The van der Waals surface area contributed by atoms with Crippen molar-refractivity contribution in [3.8, 4) is 0 Å². The van der Waals surface area contributed by atoms with Gasteiger partial charge in [-0.15, -0.1) is 0 Å². The number of nitrogens with zero attached hydrogens (tertiary/aromatic N) is 1. The molecule has 1 heterocycles. The van der Waals surface area contributed by atoms with E-state index < -0.39 is 0 Å². The maximum atomic E-state index is 10.8. The summed E-state index contributed by atoms with van der Waals surface area (Å²) in [7, 11) is 5.55. The number of rotatable bonds is 0. The van der Waals surface area contributed by atoms with Crippen molar-refractivity contribution in [2.75, 3.05) is 40.9 Å². The van der Waals surface area contributed by atoms with Crippen LogP contribution in [0.5, 0.6) is 0 Å². The Labute approximate surface area is 87.6 Å². The Morgan fingerprint density at radius 3 is 2.36 bits per heavy atom. The third kappa shape index (κ3) is 9.48. The summed E-state index contributed by atoms with van der Waals surface area (Å²) in [6.45, 7) is 5.81. The van der Waals surface area contributed by atoms with Crippen molar-refractivity contribution in [1.82, 2.24) is 10.2 Å². The highest BCUT2D eigenvalue weighted by atomic mass is 16.5. The first kappa shape index (κ1) is 15.8. The van der Waals surface area contributed by atoms with Crippen molar-refractivity contribution >= 4 is 5.91 Å². The van der Waals surface area contributed by atoms with Gasteiger partial charge in [0.15, 0.2) is 0 Å². The molecule has 4 nitrogen and oxygen atoms in total. The lowest BCUT2D eigenvalue weighted by atomic mass is 10.4. The molecule has 0 aromatic heterocycles. The second-order valence-corrected chi connectivity index (χ2v) is 2.72. The molecule has 0 saturated carbocycles. The molecule has 4 heteroatoms. The predicted molar refractivity (Wildman–Crippen MR) is 59.4 cm³/mol. The van der Waals surface area contributed by atoms with Gasteiger partial charge in [-0.3, -0.25) is 4.79 Å². The van der Waals surface area contributed by atoms with E-state index in [0.29, 0.717) is 0 Å². The van der Waals surface area contributed by atoms with E-state index in [4.69, 9.17) is 4.74 Å². The Bertz CT molecular complexity index is 129. The fourth-order valence-corrected chi connectivity index (χ4v) is 0.798. The number of carbonyl (C=O) groups is 1. The molecule has 1 N–H and O–H groups in total. The molecule has 1 saturated heterocycles. The molecule has 0 aromatic rings. The Balaban J connectivity index is 0. The number of hydrogen-bond donors (Lipinski definition) is 1. The fourth-order valence-electron chi connectivity index (χ4n) is 0.798. The lowest BCUT2D eigenvalue weighted by molar-refractivity contribution is -0.132. The minimum atomic E-state index is 0.0903. The third-order valence-corrected chi connectivity index (χ3v) is 1.43.